The summed E-state index contributed by atoms with van der Waals surface area (Å²) in [7, 11) is 1.51. The summed E-state index contributed by atoms with van der Waals surface area (Å²) in [5.74, 6) is 0.206. The number of aryl methyl sites for hydroxylation is 1. The Hall–Kier alpha value is -2.61. The number of urea groups is 1. The molecule has 0 atom stereocenters. The maximum atomic E-state index is 13.3. The van der Waals surface area contributed by atoms with Crippen LogP contribution >= 0.6 is 11.6 Å². The van der Waals surface area contributed by atoms with Crippen molar-refractivity contribution in [2.75, 3.05) is 18.4 Å². The number of benzene rings is 1. The molecule has 1 fully saturated rings. The molecule has 2 aromatic rings. The molecule has 2 heterocycles. The molecule has 0 spiro atoms. The van der Waals surface area contributed by atoms with Gasteiger partial charge in [0.15, 0.2) is 5.82 Å². The van der Waals surface area contributed by atoms with Crippen LogP contribution in [0.25, 0.3) is 0 Å². The van der Waals surface area contributed by atoms with Gasteiger partial charge < -0.3 is 9.64 Å². The van der Waals surface area contributed by atoms with Gasteiger partial charge in [0.25, 0.3) is 5.56 Å². The van der Waals surface area contributed by atoms with Crippen molar-refractivity contribution in [2.45, 2.75) is 18.9 Å². The SMILES string of the molecule is Cn1nc(NC(=O)N2CCC(Oc3cc(F)ccc3Cl)CC2)ccc1=O. The molecule has 0 aliphatic carbocycles. The Morgan fingerprint density at radius 1 is 1.31 bits per heavy atom. The minimum atomic E-state index is -0.411. The quantitative estimate of drug-likeness (QED) is 0.888. The average Bonchev–Trinajstić information content (AvgIpc) is 2.62. The van der Waals surface area contributed by atoms with Crippen LogP contribution in [0.4, 0.5) is 15.0 Å². The van der Waals surface area contributed by atoms with Crippen molar-refractivity contribution in [1.82, 2.24) is 14.7 Å². The minimum Gasteiger partial charge on any atom is -0.489 e. The number of rotatable bonds is 3. The van der Waals surface area contributed by atoms with E-state index < -0.39 is 5.82 Å². The number of amides is 2. The molecule has 0 radical (unpaired) electrons. The Labute approximate surface area is 154 Å². The monoisotopic (exact) mass is 380 g/mol. The zero-order chi connectivity index (χ0) is 18.7. The van der Waals surface area contributed by atoms with Crippen LogP contribution in [-0.2, 0) is 7.05 Å². The van der Waals surface area contributed by atoms with Crippen LogP contribution in [0.2, 0.25) is 5.02 Å². The van der Waals surface area contributed by atoms with E-state index in [1.165, 1.54) is 37.4 Å². The summed E-state index contributed by atoms with van der Waals surface area (Å²) in [5, 5.41) is 6.99. The van der Waals surface area contributed by atoms with Gasteiger partial charge in [0.05, 0.1) is 5.02 Å². The van der Waals surface area contributed by atoms with Gasteiger partial charge in [-0.05, 0) is 18.2 Å². The van der Waals surface area contributed by atoms with Crippen molar-refractivity contribution in [3.63, 3.8) is 0 Å². The Kier molecular flexibility index (Phi) is 5.41. The van der Waals surface area contributed by atoms with E-state index in [1.54, 1.807) is 4.90 Å². The number of halogens is 2. The lowest BCUT2D eigenvalue weighted by Crippen LogP contribution is -2.44. The molecule has 1 N–H and O–H groups in total. The fourth-order valence-electron chi connectivity index (χ4n) is 2.68. The van der Waals surface area contributed by atoms with Gasteiger partial charge in [0.2, 0.25) is 0 Å². The number of nitrogens with zero attached hydrogens (tertiary/aromatic N) is 3. The number of piperidine rings is 1. The molecular formula is C17H18ClFN4O3. The summed E-state index contributed by atoms with van der Waals surface area (Å²) in [6, 6.07) is 6.49. The number of ether oxygens (including phenoxy) is 1. The van der Waals surface area contributed by atoms with Gasteiger partial charge in [0, 0.05) is 45.1 Å². The van der Waals surface area contributed by atoms with Crippen LogP contribution in [0.1, 0.15) is 12.8 Å². The Balaban J connectivity index is 1.54. The van der Waals surface area contributed by atoms with E-state index in [-0.39, 0.29) is 17.7 Å². The fraction of sp³-hybridized carbons (Fsp3) is 0.353. The number of carbonyl (C=O) groups excluding carboxylic acids is 1. The van der Waals surface area contributed by atoms with Crippen LogP contribution in [0.15, 0.2) is 35.1 Å². The molecular weight excluding hydrogens is 363 g/mol. The molecule has 3 rings (SSSR count). The summed E-state index contributed by atoms with van der Waals surface area (Å²) < 4.78 is 20.2. The number of carbonyl (C=O) groups is 1. The molecule has 2 amide bonds. The highest BCUT2D eigenvalue weighted by Gasteiger charge is 2.25. The average molecular weight is 381 g/mol. The maximum absolute atomic E-state index is 13.3. The third kappa shape index (κ3) is 4.32. The smallest absolute Gasteiger partial charge is 0.323 e. The molecule has 1 aliphatic rings. The maximum Gasteiger partial charge on any atom is 0.323 e. The molecule has 0 saturated carbocycles. The van der Waals surface area contributed by atoms with Crippen molar-refractivity contribution < 1.29 is 13.9 Å². The summed E-state index contributed by atoms with van der Waals surface area (Å²) in [6.07, 6.45) is 1.05. The number of likely N-dealkylation sites (tertiary alicyclic amines) is 1. The molecule has 138 valence electrons. The largest absolute Gasteiger partial charge is 0.489 e. The number of hydrogen-bond acceptors (Lipinski definition) is 4. The first kappa shape index (κ1) is 18.2. The zero-order valence-electron chi connectivity index (χ0n) is 14.1. The number of anilines is 1. The van der Waals surface area contributed by atoms with Gasteiger partial charge >= 0.3 is 6.03 Å². The summed E-state index contributed by atoms with van der Waals surface area (Å²) in [6.45, 7) is 0.963. The normalized spacial score (nSPS) is 15.0. The van der Waals surface area contributed by atoms with E-state index in [1.807, 2.05) is 0 Å². The van der Waals surface area contributed by atoms with Crippen LogP contribution < -0.4 is 15.6 Å². The predicted octanol–water partition coefficient (Wildman–Crippen LogP) is 2.65. The third-order valence-corrected chi connectivity index (χ3v) is 4.42. The van der Waals surface area contributed by atoms with Crippen molar-refractivity contribution >= 4 is 23.4 Å². The Morgan fingerprint density at radius 2 is 2.04 bits per heavy atom. The molecule has 7 nitrogen and oxygen atoms in total. The molecule has 26 heavy (non-hydrogen) atoms. The van der Waals surface area contributed by atoms with E-state index in [0.717, 1.165) is 4.68 Å². The van der Waals surface area contributed by atoms with Gasteiger partial charge in [0.1, 0.15) is 17.7 Å². The number of hydrogen-bond donors (Lipinski definition) is 1. The second kappa shape index (κ2) is 7.74. The first-order valence-corrected chi connectivity index (χ1v) is 8.52. The van der Waals surface area contributed by atoms with E-state index >= 15 is 0 Å². The van der Waals surface area contributed by atoms with Gasteiger partial charge in [-0.1, -0.05) is 11.6 Å². The second-order valence-corrected chi connectivity index (χ2v) is 6.40. The topological polar surface area (TPSA) is 76.5 Å². The van der Waals surface area contributed by atoms with Crippen LogP contribution in [0.5, 0.6) is 5.75 Å². The van der Waals surface area contributed by atoms with Gasteiger partial charge in [-0.3, -0.25) is 10.1 Å². The lowest BCUT2D eigenvalue weighted by Gasteiger charge is -2.32. The van der Waals surface area contributed by atoms with Crippen molar-refractivity contribution in [3.8, 4) is 5.75 Å². The lowest BCUT2D eigenvalue weighted by atomic mass is 10.1. The lowest BCUT2D eigenvalue weighted by molar-refractivity contribution is 0.115. The fourth-order valence-corrected chi connectivity index (χ4v) is 2.84. The number of nitrogens with one attached hydrogen (secondary N) is 1. The molecule has 1 saturated heterocycles. The van der Waals surface area contributed by atoms with Crippen LogP contribution in [0.3, 0.4) is 0 Å². The zero-order valence-corrected chi connectivity index (χ0v) is 14.9. The van der Waals surface area contributed by atoms with E-state index in [4.69, 9.17) is 16.3 Å². The standard InChI is InChI=1S/C17H18ClFN4O3/c1-22-16(24)5-4-15(21-22)20-17(25)23-8-6-12(7-9-23)26-14-10-11(19)2-3-13(14)18/h2-5,10,12H,6-9H2,1H3,(H,20,21,25). The molecule has 9 heteroatoms. The summed E-state index contributed by atoms with van der Waals surface area (Å²) in [5.41, 5.74) is -0.253. The predicted molar refractivity (Wildman–Crippen MR) is 95.1 cm³/mol. The Morgan fingerprint density at radius 3 is 2.73 bits per heavy atom. The number of aromatic nitrogens is 2. The van der Waals surface area contributed by atoms with Gasteiger partial charge in [-0.25, -0.2) is 13.9 Å². The van der Waals surface area contributed by atoms with Crippen LogP contribution in [-0.4, -0.2) is 39.9 Å². The van der Waals surface area contributed by atoms with Crippen LogP contribution in [0, 0.1) is 5.82 Å². The highest BCUT2D eigenvalue weighted by Crippen LogP contribution is 2.28. The van der Waals surface area contributed by atoms with Crippen molar-refractivity contribution in [1.29, 1.82) is 0 Å². The van der Waals surface area contributed by atoms with Gasteiger partial charge in [-0.2, -0.15) is 5.10 Å². The minimum absolute atomic E-state index is 0.144. The molecule has 1 aliphatic heterocycles. The first-order valence-electron chi connectivity index (χ1n) is 8.14. The highest BCUT2D eigenvalue weighted by atomic mass is 35.5. The summed E-state index contributed by atoms with van der Waals surface area (Å²) >= 11 is 6.01. The molecule has 1 aromatic carbocycles. The summed E-state index contributed by atoms with van der Waals surface area (Å²) in [4.78, 5) is 25.3. The Bertz CT molecular complexity index is 865. The van der Waals surface area contributed by atoms with Crippen molar-refractivity contribution in [2.24, 2.45) is 7.05 Å². The van der Waals surface area contributed by atoms with E-state index in [0.29, 0.717) is 42.5 Å². The molecule has 0 unspecified atom stereocenters. The third-order valence-electron chi connectivity index (χ3n) is 4.11. The van der Waals surface area contributed by atoms with E-state index in [9.17, 15) is 14.0 Å². The molecule has 0 bridgehead atoms. The second-order valence-electron chi connectivity index (χ2n) is 5.99. The first-order chi connectivity index (χ1) is 12.4. The van der Waals surface area contributed by atoms with Gasteiger partial charge in [-0.15, -0.1) is 0 Å². The molecule has 1 aromatic heterocycles. The van der Waals surface area contributed by atoms with Crippen molar-refractivity contribution in [3.05, 3.63) is 51.5 Å². The van der Waals surface area contributed by atoms with E-state index in [2.05, 4.69) is 10.4 Å². The highest BCUT2D eigenvalue weighted by molar-refractivity contribution is 6.32.